The highest BCUT2D eigenvalue weighted by Crippen LogP contribution is 2.21. The molecule has 0 spiro atoms. The van der Waals surface area contributed by atoms with Gasteiger partial charge in [-0.25, -0.2) is 4.39 Å². The van der Waals surface area contributed by atoms with E-state index in [2.05, 4.69) is 5.32 Å². The monoisotopic (exact) mass is 273 g/mol. The number of benzene rings is 1. The van der Waals surface area contributed by atoms with E-state index in [9.17, 15) is 4.39 Å². The van der Waals surface area contributed by atoms with E-state index in [0.29, 0.717) is 23.6 Å². The molecule has 0 aliphatic carbocycles. The fraction of sp³-hybridized carbons (Fsp3) is 0.571. The van der Waals surface area contributed by atoms with Gasteiger partial charge in [-0.1, -0.05) is 24.6 Å². The van der Waals surface area contributed by atoms with E-state index >= 15 is 0 Å². The summed E-state index contributed by atoms with van der Waals surface area (Å²) in [6.07, 6.45) is 0.547. The number of ether oxygens (including phenoxy) is 1. The molecule has 1 rings (SSSR count). The molecule has 0 fully saturated rings. The lowest BCUT2D eigenvalue weighted by Crippen LogP contribution is -2.41. The third kappa shape index (κ3) is 4.23. The molecule has 2 nitrogen and oxygen atoms in total. The van der Waals surface area contributed by atoms with Gasteiger partial charge in [0.1, 0.15) is 5.82 Å². The highest BCUT2D eigenvalue weighted by Gasteiger charge is 2.20. The van der Waals surface area contributed by atoms with Crippen molar-refractivity contribution in [1.29, 1.82) is 0 Å². The van der Waals surface area contributed by atoms with Gasteiger partial charge in [-0.15, -0.1) is 0 Å². The Labute approximate surface area is 113 Å². The summed E-state index contributed by atoms with van der Waals surface area (Å²) < 4.78 is 19.3. The molecule has 2 atom stereocenters. The summed E-state index contributed by atoms with van der Waals surface area (Å²) in [5.74, 6) is -0.255. The lowest BCUT2D eigenvalue weighted by molar-refractivity contribution is 0.0478. The molecule has 0 heterocycles. The summed E-state index contributed by atoms with van der Waals surface area (Å²) in [5, 5.41) is 3.79. The molecule has 1 aromatic rings. The van der Waals surface area contributed by atoms with Crippen LogP contribution in [0, 0.1) is 5.82 Å². The zero-order chi connectivity index (χ0) is 13.5. The third-order valence-electron chi connectivity index (χ3n) is 2.95. The molecule has 0 aliphatic heterocycles. The molecule has 0 saturated carbocycles. The normalized spacial score (nSPS) is 14.5. The van der Waals surface area contributed by atoms with Gasteiger partial charge in [0.15, 0.2) is 0 Å². The molecule has 0 amide bonds. The van der Waals surface area contributed by atoms with Gasteiger partial charge in [0, 0.05) is 23.2 Å². The number of hydrogen-bond donors (Lipinski definition) is 1. The van der Waals surface area contributed by atoms with Crippen LogP contribution in [0.4, 0.5) is 4.39 Å². The quantitative estimate of drug-likeness (QED) is 0.822. The first-order valence-corrected chi connectivity index (χ1v) is 6.75. The van der Waals surface area contributed by atoms with Gasteiger partial charge in [-0.2, -0.15) is 0 Å². The first kappa shape index (κ1) is 15.4. The van der Waals surface area contributed by atoms with E-state index in [1.54, 1.807) is 12.1 Å². The lowest BCUT2D eigenvalue weighted by Gasteiger charge is -2.25. The van der Waals surface area contributed by atoms with Gasteiger partial charge >= 0.3 is 0 Å². The molecule has 0 aromatic heterocycles. The fourth-order valence-electron chi connectivity index (χ4n) is 1.99. The number of nitrogens with one attached hydrogen (secondary N) is 1. The maximum atomic E-state index is 13.7. The highest BCUT2D eigenvalue weighted by molar-refractivity contribution is 6.31. The van der Waals surface area contributed by atoms with Gasteiger partial charge in [-0.05, 0) is 38.9 Å². The van der Waals surface area contributed by atoms with E-state index in [4.69, 9.17) is 16.3 Å². The van der Waals surface area contributed by atoms with Gasteiger partial charge in [0.25, 0.3) is 0 Å². The molecule has 1 N–H and O–H groups in total. The SMILES string of the molecule is CCNC(Cc1c(F)cccc1Cl)C(C)OCC. The largest absolute Gasteiger partial charge is 0.377 e. The van der Waals surface area contributed by atoms with Crippen LogP contribution in [0.15, 0.2) is 18.2 Å². The van der Waals surface area contributed by atoms with Crippen LogP contribution in [-0.4, -0.2) is 25.3 Å². The summed E-state index contributed by atoms with van der Waals surface area (Å²) >= 11 is 6.05. The van der Waals surface area contributed by atoms with E-state index < -0.39 is 0 Å². The Bertz CT molecular complexity index is 353. The number of rotatable bonds is 7. The average Bonchev–Trinajstić information content (AvgIpc) is 2.33. The topological polar surface area (TPSA) is 21.3 Å². The second kappa shape index (κ2) is 7.72. The van der Waals surface area contributed by atoms with Crippen molar-refractivity contribution in [2.24, 2.45) is 0 Å². The summed E-state index contributed by atoms with van der Waals surface area (Å²) in [6.45, 7) is 7.43. The minimum atomic E-state index is -0.255. The fourth-order valence-corrected chi connectivity index (χ4v) is 2.23. The van der Waals surface area contributed by atoms with E-state index in [0.717, 1.165) is 6.54 Å². The molecule has 0 saturated heterocycles. The molecule has 0 bridgehead atoms. The molecule has 2 unspecified atom stereocenters. The van der Waals surface area contributed by atoms with Gasteiger partial charge in [-0.3, -0.25) is 0 Å². The second-order valence-electron chi connectivity index (χ2n) is 4.23. The van der Waals surface area contributed by atoms with Gasteiger partial charge < -0.3 is 10.1 Å². The first-order valence-electron chi connectivity index (χ1n) is 6.38. The average molecular weight is 274 g/mol. The number of halogens is 2. The van der Waals surface area contributed by atoms with E-state index in [-0.39, 0.29) is 18.0 Å². The first-order chi connectivity index (χ1) is 8.60. The van der Waals surface area contributed by atoms with Crippen molar-refractivity contribution in [3.05, 3.63) is 34.6 Å². The predicted octanol–water partition coefficient (Wildman–Crippen LogP) is 3.42. The third-order valence-corrected chi connectivity index (χ3v) is 3.30. The van der Waals surface area contributed by atoms with Crippen LogP contribution in [0.2, 0.25) is 5.02 Å². The molecular weight excluding hydrogens is 253 g/mol. The molecule has 1 aromatic carbocycles. The van der Waals surface area contributed by atoms with E-state index in [1.807, 2.05) is 20.8 Å². The summed E-state index contributed by atoms with van der Waals surface area (Å²) in [5.41, 5.74) is 0.552. The standard InChI is InChI=1S/C14H21ClFNO/c1-4-17-14(10(3)18-5-2)9-11-12(15)7-6-8-13(11)16/h6-8,10,14,17H,4-5,9H2,1-3H3. The van der Waals surface area contributed by atoms with Crippen molar-refractivity contribution in [2.45, 2.75) is 39.3 Å². The maximum Gasteiger partial charge on any atom is 0.127 e. The summed E-state index contributed by atoms with van der Waals surface area (Å²) in [4.78, 5) is 0. The van der Waals surface area contributed by atoms with Crippen molar-refractivity contribution in [1.82, 2.24) is 5.32 Å². The van der Waals surface area contributed by atoms with Crippen molar-refractivity contribution >= 4 is 11.6 Å². The van der Waals surface area contributed by atoms with Gasteiger partial charge in [0.05, 0.1) is 6.10 Å². The molecule has 18 heavy (non-hydrogen) atoms. The van der Waals surface area contributed by atoms with Crippen LogP contribution in [0.25, 0.3) is 0 Å². The molecule has 0 aliphatic rings. The Kier molecular flexibility index (Phi) is 6.61. The van der Waals surface area contributed by atoms with Crippen molar-refractivity contribution in [2.75, 3.05) is 13.2 Å². The Morgan fingerprint density at radius 3 is 2.67 bits per heavy atom. The molecule has 102 valence electrons. The second-order valence-corrected chi connectivity index (χ2v) is 4.64. The van der Waals surface area contributed by atoms with Crippen LogP contribution in [0.3, 0.4) is 0 Å². The smallest absolute Gasteiger partial charge is 0.127 e. The number of hydrogen-bond acceptors (Lipinski definition) is 2. The molecule has 0 radical (unpaired) electrons. The van der Waals surface area contributed by atoms with Crippen LogP contribution < -0.4 is 5.32 Å². The van der Waals surface area contributed by atoms with E-state index in [1.165, 1.54) is 6.07 Å². The van der Waals surface area contributed by atoms with Crippen LogP contribution in [0.1, 0.15) is 26.3 Å². The van der Waals surface area contributed by atoms with Crippen molar-refractivity contribution < 1.29 is 9.13 Å². The number of likely N-dealkylation sites (N-methyl/N-ethyl adjacent to an activating group) is 1. The minimum Gasteiger partial charge on any atom is -0.377 e. The zero-order valence-corrected chi connectivity index (χ0v) is 11.9. The van der Waals surface area contributed by atoms with Crippen LogP contribution in [-0.2, 0) is 11.2 Å². The summed E-state index contributed by atoms with van der Waals surface area (Å²) in [6, 6.07) is 4.84. The van der Waals surface area contributed by atoms with Crippen LogP contribution in [0.5, 0.6) is 0 Å². The van der Waals surface area contributed by atoms with Gasteiger partial charge in [0.2, 0.25) is 0 Å². The molecule has 4 heteroatoms. The summed E-state index contributed by atoms with van der Waals surface area (Å²) in [7, 11) is 0. The minimum absolute atomic E-state index is 0.0191. The van der Waals surface area contributed by atoms with Crippen molar-refractivity contribution in [3.63, 3.8) is 0 Å². The Hall–Kier alpha value is -0.640. The Balaban J connectivity index is 2.82. The predicted molar refractivity (Wildman–Crippen MR) is 73.7 cm³/mol. The zero-order valence-electron chi connectivity index (χ0n) is 11.2. The lowest BCUT2D eigenvalue weighted by atomic mass is 10.0. The maximum absolute atomic E-state index is 13.7. The highest BCUT2D eigenvalue weighted by atomic mass is 35.5. The van der Waals surface area contributed by atoms with Crippen LogP contribution >= 0.6 is 11.6 Å². The molecular formula is C14H21ClFNO. The Morgan fingerprint density at radius 2 is 2.11 bits per heavy atom. The Morgan fingerprint density at radius 1 is 1.39 bits per heavy atom. The van der Waals surface area contributed by atoms with Crippen molar-refractivity contribution in [3.8, 4) is 0 Å².